The monoisotopic (exact) mass is 351 g/mol. The Labute approximate surface area is 130 Å². The highest BCUT2D eigenvalue weighted by Crippen LogP contribution is 2.18. The molecule has 0 aliphatic rings. The van der Waals surface area contributed by atoms with Crippen LogP contribution in [0.5, 0.6) is 0 Å². The molecule has 0 saturated heterocycles. The van der Waals surface area contributed by atoms with Crippen LogP contribution in [0.2, 0.25) is 0 Å². The molecule has 2 N–H and O–H groups in total. The van der Waals surface area contributed by atoms with Gasteiger partial charge in [0.1, 0.15) is 11.6 Å². The first-order chi connectivity index (χ1) is 10.0. The average Bonchev–Trinajstić information content (AvgIpc) is 2.47. The van der Waals surface area contributed by atoms with E-state index in [-0.39, 0.29) is 17.5 Å². The zero-order valence-electron chi connectivity index (χ0n) is 11.7. The Balaban J connectivity index is 2.17. The van der Waals surface area contributed by atoms with Crippen molar-refractivity contribution in [1.82, 2.24) is 10.3 Å². The van der Waals surface area contributed by atoms with Gasteiger partial charge in [-0.2, -0.15) is 0 Å². The van der Waals surface area contributed by atoms with Crippen molar-refractivity contribution in [2.45, 2.75) is 13.0 Å². The fourth-order valence-corrected chi connectivity index (χ4v) is 2.19. The number of anilines is 1. The number of hydrogen-bond donors (Lipinski definition) is 2. The predicted molar refractivity (Wildman–Crippen MR) is 83.8 cm³/mol. The van der Waals surface area contributed by atoms with Gasteiger partial charge in [-0.1, -0.05) is 28.1 Å². The number of halogens is 2. The maximum atomic E-state index is 13.3. The van der Waals surface area contributed by atoms with Crippen LogP contribution in [0, 0.1) is 5.82 Å². The fraction of sp³-hybridized carbons (Fsp3) is 0.200. The molecule has 6 heteroatoms. The normalized spacial score (nSPS) is 11.8. The van der Waals surface area contributed by atoms with Gasteiger partial charge >= 0.3 is 0 Å². The van der Waals surface area contributed by atoms with Crippen LogP contribution in [-0.4, -0.2) is 17.9 Å². The van der Waals surface area contributed by atoms with Crippen LogP contribution in [-0.2, 0) is 0 Å². The molecule has 1 atom stereocenters. The summed E-state index contributed by atoms with van der Waals surface area (Å²) in [5.74, 6) is -0.575. The molecule has 2 aromatic rings. The third kappa shape index (κ3) is 3.78. The van der Waals surface area contributed by atoms with Crippen molar-refractivity contribution in [2.24, 2.45) is 0 Å². The van der Waals surface area contributed by atoms with Crippen molar-refractivity contribution in [1.29, 1.82) is 0 Å². The lowest BCUT2D eigenvalue weighted by Crippen LogP contribution is -2.27. The third-order valence-electron chi connectivity index (χ3n) is 3.05. The Morgan fingerprint density at radius 3 is 2.62 bits per heavy atom. The van der Waals surface area contributed by atoms with Gasteiger partial charge in [-0.05, 0) is 30.7 Å². The minimum absolute atomic E-state index is 0.182. The molecule has 0 radical (unpaired) electrons. The molecule has 0 spiro atoms. The maximum absolute atomic E-state index is 13.3. The highest BCUT2D eigenvalue weighted by molar-refractivity contribution is 9.10. The quantitative estimate of drug-likeness (QED) is 0.885. The molecule has 0 saturated carbocycles. The number of nitrogens with one attached hydrogen (secondary N) is 2. The van der Waals surface area contributed by atoms with E-state index in [1.807, 2.05) is 31.2 Å². The number of rotatable bonds is 4. The summed E-state index contributed by atoms with van der Waals surface area (Å²) >= 11 is 3.36. The molecule has 1 amide bonds. The first-order valence-corrected chi connectivity index (χ1v) is 7.20. The molecule has 110 valence electrons. The number of nitrogens with zero attached hydrogens (tertiary/aromatic N) is 1. The van der Waals surface area contributed by atoms with E-state index >= 15 is 0 Å². The first kappa shape index (κ1) is 15.4. The molecule has 21 heavy (non-hydrogen) atoms. The molecule has 1 aromatic carbocycles. The Hall–Kier alpha value is -1.95. The molecular weight excluding hydrogens is 337 g/mol. The lowest BCUT2D eigenvalue weighted by molar-refractivity contribution is 0.0940. The summed E-state index contributed by atoms with van der Waals surface area (Å²) in [6.45, 7) is 1.87. The van der Waals surface area contributed by atoms with Gasteiger partial charge in [-0.3, -0.25) is 4.79 Å². The molecule has 0 aliphatic carbocycles. The summed E-state index contributed by atoms with van der Waals surface area (Å²) in [6, 6.07) is 8.61. The Morgan fingerprint density at radius 2 is 2.00 bits per heavy atom. The van der Waals surface area contributed by atoms with Crippen LogP contribution in [0.4, 0.5) is 10.2 Å². The summed E-state index contributed by atoms with van der Waals surface area (Å²) in [6.07, 6.45) is 1.07. The number of aromatic nitrogens is 1. The van der Waals surface area contributed by atoms with Gasteiger partial charge in [0.2, 0.25) is 0 Å². The molecule has 4 nitrogen and oxygen atoms in total. The highest BCUT2D eigenvalue weighted by atomic mass is 79.9. The summed E-state index contributed by atoms with van der Waals surface area (Å²) < 4.78 is 14.2. The van der Waals surface area contributed by atoms with Crippen molar-refractivity contribution in [3.05, 3.63) is 57.9 Å². The minimum atomic E-state index is -0.546. The van der Waals surface area contributed by atoms with Gasteiger partial charge < -0.3 is 10.6 Å². The van der Waals surface area contributed by atoms with Gasteiger partial charge in [-0.25, -0.2) is 9.37 Å². The van der Waals surface area contributed by atoms with E-state index in [1.54, 1.807) is 7.05 Å². The van der Waals surface area contributed by atoms with Crippen LogP contribution < -0.4 is 10.6 Å². The molecule has 0 bridgehead atoms. The first-order valence-electron chi connectivity index (χ1n) is 6.41. The summed E-state index contributed by atoms with van der Waals surface area (Å²) in [4.78, 5) is 16.1. The van der Waals surface area contributed by atoms with E-state index in [2.05, 4.69) is 31.5 Å². The standard InChI is InChI=1S/C15H15BrFN3O/c1-9(10-3-5-11(16)6-4-10)20-15(21)13-7-12(17)8-19-14(13)18-2/h3-9H,1-2H3,(H,18,19)(H,20,21). The molecule has 1 aromatic heterocycles. The lowest BCUT2D eigenvalue weighted by Gasteiger charge is -2.15. The molecule has 2 rings (SSSR count). The molecule has 1 heterocycles. The lowest BCUT2D eigenvalue weighted by atomic mass is 10.1. The van der Waals surface area contributed by atoms with Crippen molar-refractivity contribution in [3.8, 4) is 0 Å². The smallest absolute Gasteiger partial charge is 0.255 e. The van der Waals surface area contributed by atoms with Crippen molar-refractivity contribution in [2.75, 3.05) is 12.4 Å². The number of carbonyl (C=O) groups is 1. The van der Waals surface area contributed by atoms with E-state index in [9.17, 15) is 9.18 Å². The van der Waals surface area contributed by atoms with Crippen LogP contribution in [0.1, 0.15) is 28.9 Å². The van der Waals surface area contributed by atoms with Crippen LogP contribution >= 0.6 is 15.9 Å². The number of benzene rings is 1. The zero-order valence-corrected chi connectivity index (χ0v) is 13.2. The van der Waals surface area contributed by atoms with Gasteiger partial charge in [0.05, 0.1) is 17.8 Å². The second-order valence-electron chi connectivity index (χ2n) is 4.55. The SMILES string of the molecule is CNc1ncc(F)cc1C(=O)NC(C)c1ccc(Br)cc1. The minimum Gasteiger partial charge on any atom is -0.372 e. The third-order valence-corrected chi connectivity index (χ3v) is 3.58. The van der Waals surface area contributed by atoms with Crippen molar-refractivity contribution in [3.63, 3.8) is 0 Å². The Morgan fingerprint density at radius 1 is 1.33 bits per heavy atom. The van der Waals surface area contributed by atoms with E-state index in [0.717, 1.165) is 16.2 Å². The van der Waals surface area contributed by atoms with Gasteiger partial charge in [0, 0.05) is 11.5 Å². The summed E-state index contributed by atoms with van der Waals surface area (Å²) in [5.41, 5.74) is 1.14. The van der Waals surface area contributed by atoms with E-state index in [0.29, 0.717) is 5.82 Å². The number of hydrogen-bond acceptors (Lipinski definition) is 3. The van der Waals surface area contributed by atoms with Gasteiger partial charge in [0.25, 0.3) is 5.91 Å². The fourth-order valence-electron chi connectivity index (χ4n) is 1.92. The summed E-state index contributed by atoms with van der Waals surface area (Å²) in [5, 5.41) is 5.61. The van der Waals surface area contributed by atoms with Crippen molar-refractivity contribution < 1.29 is 9.18 Å². The second-order valence-corrected chi connectivity index (χ2v) is 5.46. The number of amides is 1. The zero-order chi connectivity index (χ0) is 15.4. The predicted octanol–water partition coefficient (Wildman–Crippen LogP) is 3.52. The van der Waals surface area contributed by atoms with Crippen LogP contribution in [0.15, 0.2) is 41.0 Å². The Kier molecular flexibility index (Phi) is 4.90. The van der Waals surface area contributed by atoms with E-state index in [1.165, 1.54) is 6.07 Å². The van der Waals surface area contributed by atoms with Gasteiger partial charge in [-0.15, -0.1) is 0 Å². The maximum Gasteiger partial charge on any atom is 0.255 e. The van der Waals surface area contributed by atoms with Gasteiger partial charge in [0.15, 0.2) is 0 Å². The number of carbonyl (C=O) groups excluding carboxylic acids is 1. The molecule has 1 unspecified atom stereocenters. The second kappa shape index (κ2) is 6.67. The van der Waals surface area contributed by atoms with E-state index < -0.39 is 5.82 Å². The highest BCUT2D eigenvalue weighted by Gasteiger charge is 2.16. The molecular formula is C15H15BrFN3O. The molecule has 0 fully saturated rings. The van der Waals surface area contributed by atoms with E-state index in [4.69, 9.17) is 0 Å². The topological polar surface area (TPSA) is 54.0 Å². The Bertz CT molecular complexity index is 646. The van der Waals surface area contributed by atoms with Crippen LogP contribution in [0.3, 0.4) is 0 Å². The number of pyridine rings is 1. The average molecular weight is 352 g/mol. The van der Waals surface area contributed by atoms with Crippen LogP contribution in [0.25, 0.3) is 0 Å². The summed E-state index contributed by atoms with van der Waals surface area (Å²) in [7, 11) is 1.63. The largest absolute Gasteiger partial charge is 0.372 e. The van der Waals surface area contributed by atoms with Crippen molar-refractivity contribution >= 4 is 27.7 Å². The molecule has 0 aliphatic heterocycles.